The lowest BCUT2D eigenvalue weighted by atomic mass is 10.1. The summed E-state index contributed by atoms with van der Waals surface area (Å²) in [5, 5.41) is 3.08. The molecule has 0 bridgehead atoms. The molecule has 1 aromatic rings. The van der Waals surface area contributed by atoms with Crippen molar-refractivity contribution >= 4 is 11.6 Å². The van der Waals surface area contributed by atoms with E-state index in [0.29, 0.717) is 24.1 Å². The summed E-state index contributed by atoms with van der Waals surface area (Å²) >= 11 is 0. The van der Waals surface area contributed by atoms with Crippen LogP contribution in [0.3, 0.4) is 0 Å². The molecule has 1 aromatic heterocycles. The molecule has 1 fully saturated rings. The number of hydrogen-bond donors (Lipinski definition) is 2. The summed E-state index contributed by atoms with van der Waals surface area (Å²) in [6.07, 6.45) is 5.45. The number of nitrogen functional groups attached to an aromatic ring is 1. The summed E-state index contributed by atoms with van der Waals surface area (Å²) in [4.78, 5) is 15.9. The Morgan fingerprint density at radius 3 is 2.94 bits per heavy atom. The Morgan fingerprint density at radius 2 is 2.35 bits per heavy atom. The summed E-state index contributed by atoms with van der Waals surface area (Å²) < 4.78 is 0. The first-order chi connectivity index (χ1) is 8.15. The summed E-state index contributed by atoms with van der Waals surface area (Å²) in [6, 6.07) is 3.91. The van der Waals surface area contributed by atoms with Gasteiger partial charge in [0.05, 0.1) is 18.3 Å². The van der Waals surface area contributed by atoms with Crippen molar-refractivity contribution < 1.29 is 4.79 Å². The molecule has 2 unspecified atom stereocenters. The maximum absolute atomic E-state index is 11.8. The van der Waals surface area contributed by atoms with Crippen LogP contribution in [0.5, 0.6) is 0 Å². The molecule has 4 heteroatoms. The zero-order chi connectivity index (χ0) is 12.3. The Hall–Kier alpha value is -1.58. The highest BCUT2D eigenvalue weighted by Crippen LogP contribution is 2.24. The van der Waals surface area contributed by atoms with Gasteiger partial charge in [-0.3, -0.25) is 9.78 Å². The molecule has 17 heavy (non-hydrogen) atoms. The zero-order valence-corrected chi connectivity index (χ0v) is 10.1. The van der Waals surface area contributed by atoms with E-state index >= 15 is 0 Å². The highest BCUT2D eigenvalue weighted by atomic mass is 16.1. The van der Waals surface area contributed by atoms with Gasteiger partial charge in [-0.1, -0.05) is 13.3 Å². The average molecular weight is 233 g/mol. The number of amides is 1. The minimum atomic E-state index is 0.0565. The molecule has 4 nitrogen and oxygen atoms in total. The lowest BCUT2D eigenvalue weighted by Gasteiger charge is -2.17. The zero-order valence-electron chi connectivity index (χ0n) is 10.1. The predicted octanol–water partition coefficient (Wildman–Crippen LogP) is 1.51. The molecule has 1 heterocycles. The quantitative estimate of drug-likeness (QED) is 0.831. The van der Waals surface area contributed by atoms with Crippen molar-refractivity contribution in [1.29, 1.82) is 0 Å². The first-order valence-corrected chi connectivity index (χ1v) is 6.15. The Morgan fingerprint density at radius 1 is 1.53 bits per heavy atom. The molecule has 0 aromatic carbocycles. The van der Waals surface area contributed by atoms with Crippen LogP contribution < -0.4 is 11.1 Å². The normalized spacial score (nSPS) is 23.6. The average Bonchev–Trinajstić information content (AvgIpc) is 2.68. The van der Waals surface area contributed by atoms with Gasteiger partial charge in [0.25, 0.3) is 0 Å². The van der Waals surface area contributed by atoms with Crippen molar-refractivity contribution in [2.75, 3.05) is 5.73 Å². The highest BCUT2D eigenvalue weighted by Gasteiger charge is 2.24. The minimum absolute atomic E-state index is 0.0565. The van der Waals surface area contributed by atoms with E-state index < -0.39 is 0 Å². The SMILES string of the molecule is CC1CCCC1NC(=O)Cc1ccc(N)cn1. The number of aromatic nitrogens is 1. The number of nitrogens with zero attached hydrogens (tertiary/aromatic N) is 1. The van der Waals surface area contributed by atoms with Crippen LogP contribution in [0.1, 0.15) is 31.9 Å². The maximum atomic E-state index is 11.8. The number of nitrogens with one attached hydrogen (secondary N) is 1. The largest absolute Gasteiger partial charge is 0.397 e. The molecule has 3 N–H and O–H groups in total. The van der Waals surface area contributed by atoms with Gasteiger partial charge in [-0.2, -0.15) is 0 Å². The molecule has 1 aliphatic carbocycles. The van der Waals surface area contributed by atoms with Crippen molar-refractivity contribution in [2.24, 2.45) is 5.92 Å². The van der Waals surface area contributed by atoms with Gasteiger partial charge in [0, 0.05) is 11.7 Å². The fraction of sp³-hybridized carbons (Fsp3) is 0.538. The number of nitrogens with two attached hydrogens (primary N) is 1. The van der Waals surface area contributed by atoms with Crippen molar-refractivity contribution in [3.8, 4) is 0 Å². The van der Waals surface area contributed by atoms with Crippen molar-refractivity contribution in [1.82, 2.24) is 10.3 Å². The standard InChI is InChI=1S/C13H19N3O/c1-9-3-2-4-12(9)16-13(17)7-11-6-5-10(14)8-15-11/h5-6,8-9,12H,2-4,7,14H2,1H3,(H,16,17). The first kappa shape index (κ1) is 11.9. The fourth-order valence-electron chi connectivity index (χ4n) is 2.32. The molecule has 1 saturated carbocycles. The Bertz CT molecular complexity index is 388. The van der Waals surface area contributed by atoms with Crippen LogP contribution in [-0.4, -0.2) is 16.9 Å². The first-order valence-electron chi connectivity index (χ1n) is 6.15. The van der Waals surface area contributed by atoms with Gasteiger partial charge >= 0.3 is 0 Å². The Kier molecular flexibility index (Phi) is 3.61. The van der Waals surface area contributed by atoms with Crippen LogP contribution in [0.2, 0.25) is 0 Å². The molecule has 0 saturated heterocycles. The lowest BCUT2D eigenvalue weighted by Crippen LogP contribution is -2.37. The molecular formula is C13H19N3O. The maximum Gasteiger partial charge on any atom is 0.226 e. The molecule has 92 valence electrons. The molecule has 0 radical (unpaired) electrons. The van der Waals surface area contributed by atoms with Gasteiger partial charge in [-0.05, 0) is 30.9 Å². The third-order valence-electron chi connectivity index (χ3n) is 3.40. The number of pyridine rings is 1. The van der Waals surface area contributed by atoms with Gasteiger partial charge < -0.3 is 11.1 Å². The molecular weight excluding hydrogens is 214 g/mol. The van der Waals surface area contributed by atoms with Gasteiger partial charge in [0.1, 0.15) is 0 Å². The van der Waals surface area contributed by atoms with Crippen molar-refractivity contribution in [3.05, 3.63) is 24.0 Å². The number of carbonyl (C=O) groups excluding carboxylic acids is 1. The second-order valence-electron chi connectivity index (χ2n) is 4.84. The molecule has 2 atom stereocenters. The van der Waals surface area contributed by atoms with E-state index in [9.17, 15) is 4.79 Å². The van der Waals surface area contributed by atoms with Crippen LogP contribution in [0, 0.1) is 5.92 Å². The fourth-order valence-corrected chi connectivity index (χ4v) is 2.32. The van der Waals surface area contributed by atoms with Crippen LogP contribution in [0.4, 0.5) is 5.69 Å². The Balaban J connectivity index is 1.86. The molecule has 0 spiro atoms. The van der Waals surface area contributed by atoms with E-state index in [4.69, 9.17) is 5.73 Å². The molecule has 0 aliphatic heterocycles. The van der Waals surface area contributed by atoms with Gasteiger partial charge in [0.15, 0.2) is 0 Å². The van der Waals surface area contributed by atoms with E-state index in [1.807, 2.05) is 0 Å². The lowest BCUT2D eigenvalue weighted by molar-refractivity contribution is -0.121. The van der Waals surface area contributed by atoms with Crippen LogP contribution in [-0.2, 0) is 11.2 Å². The number of hydrogen-bond acceptors (Lipinski definition) is 3. The third kappa shape index (κ3) is 3.19. The topological polar surface area (TPSA) is 68.0 Å². The van der Waals surface area contributed by atoms with E-state index in [1.54, 1.807) is 18.3 Å². The predicted molar refractivity (Wildman–Crippen MR) is 67.3 cm³/mol. The van der Waals surface area contributed by atoms with Crippen LogP contribution in [0.25, 0.3) is 0 Å². The Labute approximate surface area is 102 Å². The van der Waals surface area contributed by atoms with E-state index in [0.717, 1.165) is 12.1 Å². The van der Waals surface area contributed by atoms with Gasteiger partial charge in [0.2, 0.25) is 5.91 Å². The number of rotatable bonds is 3. The smallest absolute Gasteiger partial charge is 0.226 e. The van der Waals surface area contributed by atoms with Crippen molar-refractivity contribution in [2.45, 2.75) is 38.6 Å². The summed E-state index contributed by atoms with van der Waals surface area (Å²) in [5.74, 6) is 0.652. The summed E-state index contributed by atoms with van der Waals surface area (Å²) in [7, 11) is 0. The van der Waals surface area contributed by atoms with Crippen LogP contribution in [0.15, 0.2) is 18.3 Å². The third-order valence-corrected chi connectivity index (χ3v) is 3.40. The number of carbonyl (C=O) groups is 1. The monoisotopic (exact) mass is 233 g/mol. The second-order valence-corrected chi connectivity index (χ2v) is 4.84. The van der Waals surface area contributed by atoms with E-state index in [2.05, 4.69) is 17.2 Å². The number of anilines is 1. The van der Waals surface area contributed by atoms with Gasteiger partial charge in [-0.25, -0.2) is 0 Å². The second kappa shape index (κ2) is 5.17. The van der Waals surface area contributed by atoms with Gasteiger partial charge in [-0.15, -0.1) is 0 Å². The summed E-state index contributed by atoms with van der Waals surface area (Å²) in [5.41, 5.74) is 6.93. The molecule has 2 rings (SSSR count). The molecule has 1 aliphatic rings. The molecule has 1 amide bonds. The van der Waals surface area contributed by atoms with E-state index in [-0.39, 0.29) is 5.91 Å². The van der Waals surface area contributed by atoms with E-state index in [1.165, 1.54) is 12.8 Å². The summed E-state index contributed by atoms with van der Waals surface area (Å²) in [6.45, 7) is 2.19. The highest BCUT2D eigenvalue weighted by molar-refractivity contribution is 5.78. The minimum Gasteiger partial charge on any atom is -0.397 e. The van der Waals surface area contributed by atoms with Crippen molar-refractivity contribution in [3.63, 3.8) is 0 Å². The van der Waals surface area contributed by atoms with Crippen LogP contribution >= 0.6 is 0 Å².